The van der Waals surface area contributed by atoms with E-state index in [4.69, 9.17) is 5.73 Å². The summed E-state index contributed by atoms with van der Waals surface area (Å²) in [5.74, 6) is 0.862. The molecule has 0 aliphatic heterocycles. The van der Waals surface area contributed by atoms with E-state index < -0.39 is 0 Å². The summed E-state index contributed by atoms with van der Waals surface area (Å²) in [5, 5.41) is 0. The molecule has 2 unspecified atom stereocenters. The van der Waals surface area contributed by atoms with Gasteiger partial charge >= 0.3 is 0 Å². The fraction of sp³-hybridized carbons (Fsp3) is 1.00. The van der Waals surface area contributed by atoms with E-state index in [0.717, 1.165) is 5.92 Å². The average molecular weight is 211 g/mol. The van der Waals surface area contributed by atoms with E-state index >= 15 is 0 Å². The molecule has 2 N–H and O–H groups in total. The molecule has 15 heavy (non-hydrogen) atoms. The third kappa shape index (κ3) is 5.55. The van der Waals surface area contributed by atoms with Gasteiger partial charge in [0.15, 0.2) is 0 Å². The van der Waals surface area contributed by atoms with Crippen LogP contribution in [0.2, 0.25) is 0 Å². The summed E-state index contributed by atoms with van der Waals surface area (Å²) in [6.07, 6.45) is 15.4. The molecule has 90 valence electrons. The molecule has 0 saturated heterocycles. The first-order chi connectivity index (χ1) is 7.34. The highest BCUT2D eigenvalue weighted by Crippen LogP contribution is 2.28. The first-order valence-corrected chi connectivity index (χ1v) is 7.10. The lowest BCUT2D eigenvalue weighted by molar-refractivity contribution is 0.420. The van der Waals surface area contributed by atoms with Crippen LogP contribution in [-0.4, -0.2) is 6.04 Å². The molecule has 0 radical (unpaired) electrons. The Bertz CT molecular complexity index is 144. The molecule has 1 heteroatoms. The first-order valence-electron chi connectivity index (χ1n) is 7.10. The molecular formula is C14H29N. The fourth-order valence-corrected chi connectivity index (χ4v) is 2.79. The summed E-state index contributed by atoms with van der Waals surface area (Å²) in [5.41, 5.74) is 6.06. The Morgan fingerprint density at radius 2 is 1.60 bits per heavy atom. The molecule has 0 spiro atoms. The van der Waals surface area contributed by atoms with Gasteiger partial charge in [0.25, 0.3) is 0 Å². The molecule has 1 aliphatic carbocycles. The lowest BCUT2D eigenvalue weighted by atomic mass is 9.96. The van der Waals surface area contributed by atoms with Crippen LogP contribution < -0.4 is 5.73 Å². The Morgan fingerprint density at radius 3 is 2.20 bits per heavy atom. The van der Waals surface area contributed by atoms with Crippen LogP contribution in [0.4, 0.5) is 0 Å². The molecular weight excluding hydrogens is 182 g/mol. The van der Waals surface area contributed by atoms with Crippen LogP contribution >= 0.6 is 0 Å². The Hall–Kier alpha value is -0.0400. The van der Waals surface area contributed by atoms with Gasteiger partial charge in [-0.05, 0) is 25.2 Å². The second-order valence-electron chi connectivity index (χ2n) is 5.26. The smallest absolute Gasteiger partial charge is 0.00671 e. The van der Waals surface area contributed by atoms with Gasteiger partial charge in [0.05, 0.1) is 0 Å². The molecule has 0 amide bonds. The number of hydrogen-bond donors (Lipinski definition) is 1. The number of unbranched alkanes of at least 4 members (excludes halogenated alkanes) is 6. The van der Waals surface area contributed by atoms with Crippen molar-refractivity contribution in [2.24, 2.45) is 11.7 Å². The largest absolute Gasteiger partial charge is 0.327 e. The van der Waals surface area contributed by atoms with Crippen molar-refractivity contribution in [3.63, 3.8) is 0 Å². The van der Waals surface area contributed by atoms with Gasteiger partial charge in [0, 0.05) is 6.04 Å². The van der Waals surface area contributed by atoms with Crippen LogP contribution in [0.1, 0.15) is 77.6 Å². The second kappa shape index (κ2) is 8.15. The zero-order valence-electron chi connectivity index (χ0n) is 10.5. The van der Waals surface area contributed by atoms with E-state index in [-0.39, 0.29) is 0 Å². The predicted molar refractivity (Wildman–Crippen MR) is 67.9 cm³/mol. The molecule has 0 aromatic heterocycles. The summed E-state index contributed by atoms with van der Waals surface area (Å²) < 4.78 is 0. The number of hydrogen-bond acceptors (Lipinski definition) is 1. The molecule has 1 saturated carbocycles. The second-order valence-corrected chi connectivity index (χ2v) is 5.26. The summed E-state index contributed by atoms with van der Waals surface area (Å²) in [6, 6.07) is 0.532. The van der Waals surface area contributed by atoms with Crippen LogP contribution in [0.3, 0.4) is 0 Å². The van der Waals surface area contributed by atoms with Gasteiger partial charge in [-0.2, -0.15) is 0 Å². The Labute approximate surface area is 95.8 Å². The molecule has 0 heterocycles. The summed E-state index contributed by atoms with van der Waals surface area (Å²) >= 11 is 0. The lowest BCUT2D eigenvalue weighted by Gasteiger charge is -2.14. The summed E-state index contributed by atoms with van der Waals surface area (Å²) in [4.78, 5) is 0. The summed E-state index contributed by atoms with van der Waals surface area (Å²) in [6.45, 7) is 2.28. The van der Waals surface area contributed by atoms with Crippen molar-refractivity contribution in [1.29, 1.82) is 0 Å². The molecule has 0 bridgehead atoms. The van der Waals surface area contributed by atoms with Crippen molar-refractivity contribution < 1.29 is 0 Å². The monoisotopic (exact) mass is 211 g/mol. The van der Waals surface area contributed by atoms with Crippen molar-refractivity contribution in [2.45, 2.75) is 83.6 Å². The van der Waals surface area contributed by atoms with Crippen molar-refractivity contribution >= 4 is 0 Å². The van der Waals surface area contributed by atoms with Crippen LogP contribution in [0, 0.1) is 5.92 Å². The van der Waals surface area contributed by atoms with Crippen LogP contribution in [0.5, 0.6) is 0 Å². The van der Waals surface area contributed by atoms with E-state index in [1.54, 1.807) is 0 Å². The molecule has 1 fully saturated rings. The standard InChI is InChI=1S/C14H29N/c1-2-3-4-5-6-7-8-10-13-11-9-12-14(13)15/h13-14H,2-12,15H2,1H3. The maximum Gasteiger partial charge on any atom is 0.00671 e. The molecule has 2 atom stereocenters. The molecule has 0 aromatic carbocycles. The third-order valence-corrected chi connectivity index (χ3v) is 3.90. The lowest BCUT2D eigenvalue weighted by Crippen LogP contribution is -2.24. The Balaban J connectivity index is 1.84. The van der Waals surface area contributed by atoms with Crippen LogP contribution in [0.15, 0.2) is 0 Å². The van der Waals surface area contributed by atoms with Crippen LogP contribution in [-0.2, 0) is 0 Å². The van der Waals surface area contributed by atoms with Crippen molar-refractivity contribution in [3.8, 4) is 0 Å². The van der Waals surface area contributed by atoms with Gasteiger partial charge in [-0.3, -0.25) is 0 Å². The maximum atomic E-state index is 6.06. The van der Waals surface area contributed by atoms with Crippen molar-refractivity contribution in [1.82, 2.24) is 0 Å². The van der Waals surface area contributed by atoms with Gasteiger partial charge < -0.3 is 5.73 Å². The molecule has 1 rings (SSSR count). The van der Waals surface area contributed by atoms with Gasteiger partial charge in [-0.25, -0.2) is 0 Å². The quantitative estimate of drug-likeness (QED) is 0.597. The topological polar surface area (TPSA) is 26.0 Å². The number of nitrogens with two attached hydrogens (primary N) is 1. The van der Waals surface area contributed by atoms with Gasteiger partial charge in [0.2, 0.25) is 0 Å². The third-order valence-electron chi connectivity index (χ3n) is 3.90. The van der Waals surface area contributed by atoms with E-state index in [9.17, 15) is 0 Å². The SMILES string of the molecule is CCCCCCCCCC1CCCC1N. The van der Waals surface area contributed by atoms with E-state index in [1.807, 2.05) is 0 Å². The minimum absolute atomic E-state index is 0.532. The highest BCUT2D eigenvalue weighted by molar-refractivity contribution is 4.79. The number of rotatable bonds is 8. The zero-order valence-corrected chi connectivity index (χ0v) is 10.5. The Morgan fingerprint density at radius 1 is 0.933 bits per heavy atom. The average Bonchev–Trinajstić information content (AvgIpc) is 2.63. The van der Waals surface area contributed by atoms with Crippen LogP contribution in [0.25, 0.3) is 0 Å². The minimum atomic E-state index is 0.532. The van der Waals surface area contributed by atoms with E-state index in [2.05, 4.69) is 6.92 Å². The van der Waals surface area contributed by atoms with Crippen molar-refractivity contribution in [2.75, 3.05) is 0 Å². The normalized spacial score (nSPS) is 26.0. The van der Waals surface area contributed by atoms with E-state index in [0.29, 0.717) is 6.04 Å². The van der Waals surface area contributed by atoms with Gasteiger partial charge in [-0.15, -0.1) is 0 Å². The maximum absolute atomic E-state index is 6.06. The molecule has 0 aromatic rings. The highest BCUT2D eigenvalue weighted by Gasteiger charge is 2.22. The molecule has 1 aliphatic rings. The highest BCUT2D eigenvalue weighted by atomic mass is 14.7. The summed E-state index contributed by atoms with van der Waals surface area (Å²) in [7, 11) is 0. The first kappa shape index (κ1) is 13.0. The van der Waals surface area contributed by atoms with E-state index in [1.165, 1.54) is 70.6 Å². The fourth-order valence-electron chi connectivity index (χ4n) is 2.79. The molecule has 1 nitrogen and oxygen atoms in total. The van der Waals surface area contributed by atoms with Crippen molar-refractivity contribution in [3.05, 3.63) is 0 Å². The minimum Gasteiger partial charge on any atom is -0.327 e. The van der Waals surface area contributed by atoms with Gasteiger partial charge in [0.1, 0.15) is 0 Å². The Kier molecular flexibility index (Phi) is 7.08. The predicted octanol–water partition coefficient (Wildman–Crippen LogP) is 4.25. The van der Waals surface area contributed by atoms with Gasteiger partial charge in [-0.1, -0.05) is 58.3 Å². The zero-order chi connectivity index (χ0) is 10.9.